The lowest BCUT2D eigenvalue weighted by Crippen LogP contribution is -2.47. The summed E-state index contributed by atoms with van der Waals surface area (Å²) < 4.78 is 0. The van der Waals surface area contributed by atoms with Crippen LogP contribution in [-0.2, 0) is 12.8 Å². The minimum atomic E-state index is 0.901. The second-order valence-corrected chi connectivity index (χ2v) is 7.81. The summed E-state index contributed by atoms with van der Waals surface area (Å²) in [6.07, 6.45) is 7.66. The normalized spacial score (nSPS) is 19.7. The first-order valence-corrected chi connectivity index (χ1v) is 10.2. The number of piperazine rings is 1. The molecule has 4 heterocycles. The van der Waals surface area contributed by atoms with Crippen LogP contribution in [-0.4, -0.2) is 59.2 Å². The molecule has 5 rings (SSSR count). The highest BCUT2D eigenvalue weighted by molar-refractivity contribution is 5.53. The van der Waals surface area contributed by atoms with Gasteiger partial charge in [-0.25, -0.2) is 15.0 Å². The fourth-order valence-corrected chi connectivity index (χ4v) is 4.52. The summed E-state index contributed by atoms with van der Waals surface area (Å²) in [5.41, 5.74) is 3.68. The number of nitrogens with zero attached hydrogens (tertiary/aromatic N) is 7. The average molecular weight is 365 g/mol. The van der Waals surface area contributed by atoms with Crippen LogP contribution in [0.3, 0.4) is 0 Å². The van der Waals surface area contributed by atoms with Gasteiger partial charge in [-0.2, -0.15) is 4.98 Å². The predicted molar refractivity (Wildman–Crippen MR) is 107 cm³/mol. The standard InChI is InChI=1S/C20H27N7/c1-15-13-18(24-20(23-15)27-7-2-3-8-27)25-9-11-26(12-10-25)19-16-5-4-6-17(16)21-14-22-19/h13-14H,2-12H2,1H3. The SMILES string of the molecule is Cc1cc(N2CCN(c3ncnc4c3CCC4)CC2)nc(N2CCCC2)n1. The van der Waals surface area contributed by atoms with E-state index >= 15 is 0 Å². The van der Waals surface area contributed by atoms with Crippen LogP contribution in [0.25, 0.3) is 0 Å². The van der Waals surface area contributed by atoms with Crippen LogP contribution in [0.15, 0.2) is 12.4 Å². The van der Waals surface area contributed by atoms with Gasteiger partial charge in [-0.1, -0.05) is 0 Å². The zero-order chi connectivity index (χ0) is 18.2. The number of fused-ring (bicyclic) bond motifs is 1. The summed E-state index contributed by atoms with van der Waals surface area (Å²) in [6.45, 7) is 8.12. The molecule has 1 aliphatic carbocycles. The Labute approximate surface area is 160 Å². The Morgan fingerprint density at radius 1 is 0.778 bits per heavy atom. The fraction of sp³-hybridized carbons (Fsp3) is 0.600. The molecule has 2 saturated heterocycles. The smallest absolute Gasteiger partial charge is 0.227 e. The maximum absolute atomic E-state index is 4.89. The lowest BCUT2D eigenvalue weighted by atomic mass is 10.2. The van der Waals surface area contributed by atoms with Gasteiger partial charge in [-0.05, 0) is 39.0 Å². The number of aromatic nitrogens is 4. The molecule has 0 N–H and O–H groups in total. The summed E-state index contributed by atoms with van der Waals surface area (Å²) in [5, 5.41) is 0. The highest BCUT2D eigenvalue weighted by Gasteiger charge is 2.25. The predicted octanol–water partition coefficient (Wildman–Crippen LogP) is 1.99. The molecule has 0 radical (unpaired) electrons. The third-order valence-electron chi connectivity index (χ3n) is 5.97. The van der Waals surface area contributed by atoms with Crippen molar-refractivity contribution in [2.24, 2.45) is 0 Å². The molecule has 0 spiro atoms. The van der Waals surface area contributed by atoms with Crippen LogP contribution in [0.5, 0.6) is 0 Å². The zero-order valence-corrected chi connectivity index (χ0v) is 16.1. The Kier molecular flexibility index (Phi) is 4.30. The summed E-state index contributed by atoms with van der Waals surface area (Å²) in [4.78, 5) is 25.8. The van der Waals surface area contributed by atoms with E-state index in [-0.39, 0.29) is 0 Å². The maximum Gasteiger partial charge on any atom is 0.227 e. The summed E-state index contributed by atoms with van der Waals surface area (Å²) >= 11 is 0. The Hall–Kier alpha value is -2.44. The summed E-state index contributed by atoms with van der Waals surface area (Å²) in [6, 6.07) is 2.12. The largest absolute Gasteiger partial charge is 0.353 e. The lowest BCUT2D eigenvalue weighted by molar-refractivity contribution is 0.637. The Bertz CT molecular complexity index is 823. The fourth-order valence-electron chi connectivity index (χ4n) is 4.52. The molecule has 2 fully saturated rings. The first-order valence-electron chi connectivity index (χ1n) is 10.2. The van der Waals surface area contributed by atoms with E-state index in [1.54, 1.807) is 6.33 Å². The quantitative estimate of drug-likeness (QED) is 0.824. The highest BCUT2D eigenvalue weighted by atomic mass is 15.3. The lowest BCUT2D eigenvalue weighted by Gasteiger charge is -2.37. The summed E-state index contributed by atoms with van der Waals surface area (Å²) in [7, 11) is 0. The van der Waals surface area contributed by atoms with Crippen LogP contribution >= 0.6 is 0 Å². The van der Waals surface area contributed by atoms with Crippen LogP contribution in [0.2, 0.25) is 0 Å². The molecule has 0 aromatic carbocycles. The molecule has 0 atom stereocenters. The average Bonchev–Trinajstić information content (AvgIpc) is 3.39. The topological polar surface area (TPSA) is 61.3 Å². The summed E-state index contributed by atoms with van der Waals surface area (Å²) in [5.74, 6) is 3.13. The Balaban J connectivity index is 1.32. The number of aryl methyl sites for hydroxylation is 2. The van der Waals surface area contributed by atoms with Crippen molar-refractivity contribution >= 4 is 17.6 Å². The van der Waals surface area contributed by atoms with Gasteiger partial charge in [0.05, 0.1) is 0 Å². The molecule has 0 unspecified atom stereocenters. The third-order valence-corrected chi connectivity index (χ3v) is 5.97. The highest BCUT2D eigenvalue weighted by Crippen LogP contribution is 2.29. The molecule has 2 aliphatic heterocycles. The van der Waals surface area contributed by atoms with Gasteiger partial charge in [0.2, 0.25) is 5.95 Å². The van der Waals surface area contributed by atoms with E-state index in [0.717, 1.165) is 75.4 Å². The van der Waals surface area contributed by atoms with Crippen molar-refractivity contribution in [3.8, 4) is 0 Å². The van der Waals surface area contributed by atoms with E-state index in [9.17, 15) is 0 Å². The van der Waals surface area contributed by atoms with E-state index in [0.29, 0.717) is 0 Å². The number of hydrogen-bond acceptors (Lipinski definition) is 7. The van der Waals surface area contributed by atoms with E-state index in [4.69, 9.17) is 4.98 Å². The van der Waals surface area contributed by atoms with Crippen molar-refractivity contribution in [1.29, 1.82) is 0 Å². The van der Waals surface area contributed by atoms with Gasteiger partial charge >= 0.3 is 0 Å². The molecule has 0 amide bonds. The molecule has 27 heavy (non-hydrogen) atoms. The molecular formula is C20H27N7. The monoisotopic (exact) mass is 365 g/mol. The number of rotatable bonds is 3. The maximum atomic E-state index is 4.89. The second-order valence-electron chi connectivity index (χ2n) is 7.81. The van der Waals surface area contributed by atoms with Gasteiger partial charge in [-0.3, -0.25) is 0 Å². The van der Waals surface area contributed by atoms with E-state index in [1.165, 1.54) is 30.5 Å². The van der Waals surface area contributed by atoms with Crippen LogP contribution < -0.4 is 14.7 Å². The van der Waals surface area contributed by atoms with Gasteiger partial charge in [0.1, 0.15) is 18.0 Å². The molecule has 7 nitrogen and oxygen atoms in total. The second kappa shape index (κ2) is 6.94. The van der Waals surface area contributed by atoms with E-state index in [1.807, 2.05) is 0 Å². The van der Waals surface area contributed by atoms with Crippen molar-refractivity contribution < 1.29 is 0 Å². The molecule has 2 aromatic heterocycles. The van der Waals surface area contributed by atoms with E-state index in [2.05, 4.69) is 42.6 Å². The molecular weight excluding hydrogens is 338 g/mol. The van der Waals surface area contributed by atoms with Gasteiger partial charge in [0.25, 0.3) is 0 Å². The molecule has 7 heteroatoms. The number of anilines is 3. The first kappa shape index (κ1) is 16.7. The molecule has 142 valence electrons. The molecule has 0 bridgehead atoms. The van der Waals surface area contributed by atoms with Crippen LogP contribution in [0.1, 0.15) is 36.2 Å². The van der Waals surface area contributed by atoms with Gasteiger partial charge < -0.3 is 14.7 Å². The zero-order valence-electron chi connectivity index (χ0n) is 16.1. The van der Waals surface area contributed by atoms with Crippen molar-refractivity contribution in [1.82, 2.24) is 19.9 Å². The Morgan fingerprint density at radius 3 is 2.37 bits per heavy atom. The first-order chi connectivity index (χ1) is 13.3. The third kappa shape index (κ3) is 3.19. The molecule has 3 aliphatic rings. The van der Waals surface area contributed by atoms with Gasteiger partial charge in [0, 0.05) is 62.3 Å². The Morgan fingerprint density at radius 2 is 1.56 bits per heavy atom. The molecule has 2 aromatic rings. The van der Waals surface area contributed by atoms with E-state index < -0.39 is 0 Å². The minimum Gasteiger partial charge on any atom is -0.353 e. The number of hydrogen-bond donors (Lipinski definition) is 0. The molecule has 0 saturated carbocycles. The van der Waals surface area contributed by atoms with Crippen LogP contribution in [0.4, 0.5) is 17.6 Å². The van der Waals surface area contributed by atoms with Crippen LogP contribution in [0, 0.1) is 6.92 Å². The van der Waals surface area contributed by atoms with Crippen molar-refractivity contribution in [3.63, 3.8) is 0 Å². The minimum absolute atomic E-state index is 0.901. The van der Waals surface area contributed by atoms with Gasteiger partial charge in [0.15, 0.2) is 0 Å². The van der Waals surface area contributed by atoms with Crippen molar-refractivity contribution in [2.75, 3.05) is 54.0 Å². The van der Waals surface area contributed by atoms with Gasteiger partial charge in [-0.15, -0.1) is 0 Å². The van der Waals surface area contributed by atoms with Crippen molar-refractivity contribution in [3.05, 3.63) is 29.3 Å². The van der Waals surface area contributed by atoms with Crippen molar-refractivity contribution in [2.45, 2.75) is 39.0 Å².